The molecule has 0 aliphatic carbocycles. The zero-order valence-corrected chi connectivity index (χ0v) is 12.2. The highest BCUT2D eigenvalue weighted by Gasteiger charge is 2.31. The molecule has 1 aromatic heterocycles. The van der Waals surface area contributed by atoms with Gasteiger partial charge in [0.05, 0.1) is 21.8 Å². The van der Waals surface area contributed by atoms with Crippen molar-refractivity contribution < 1.29 is 9.53 Å². The molecule has 2 heterocycles. The molecule has 0 spiro atoms. The molecule has 0 unspecified atom stereocenters. The smallest absolute Gasteiger partial charge is 0.410 e. The van der Waals surface area contributed by atoms with Crippen LogP contribution in [0.5, 0.6) is 0 Å². The lowest BCUT2D eigenvalue weighted by Gasteiger charge is -2.24. The molecule has 1 amide bonds. The molecule has 1 aromatic rings. The molecule has 0 radical (unpaired) electrons. The van der Waals surface area contributed by atoms with Gasteiger partial charge in [0, 0.05) is 11.1 Å². The highest BCUT2D eigenvalue weighted by molar-refractivity contribution is 7.20. The van der Waals surface area contributed by atoms with E-state index >= 15 is 0 Å². The fourth-order valence-electron chi connectivity index (χ4n) is 1.65. The third-order valence-corrected chi connectivity index (χ3v) is 4.14. The third kappa shape index (κ3) is 2.69. The van der Waals surface area contributed by atoms with Crippen molar-refractivity contribution in [2.24, 2.45) is 0 Å². The summed E-state index contributed by atoms with van der Waals surface area (Å²) in [6.45, 7) is 6.49. The zero-order chi connectivity index (χ0) is 12.8. The average molecular weight is 294 g/mol. The molecule has 0 fully saturated rings. The summed E-state index contributed by atoms with van der Waals surface area (Å²) in [6, 6.07) is 0. The first-order valence-corrected chi connectivity index (χ1v) is 6.78. The number of thiophene rings is 1. The van der Waals surface area contributed by atoms with Crippen LogP contribution in [-0.4, -0.2) is 16.6 Å². The maximum atomic E-state index is 11.9. The number of hydrogen-bond acceptors (Lipinski definition) is 3. The Morgan fingerprint density at radius 3 is 2.12 bits per heavy atom. The maximum Gasteiger partial charge on any atom is 0.410 e. The summed E-state index contributed by atoms with van der Waals surface area (Å²) >= 11 is 13.4. The zero-order valence-electron chi connectivity index (χ0n) is 9.84. The van der Waals surface area contributed by atoms with Crippen molar-refractivity contribution in [1.82, 2.24) is 4.90 Å². The van der Waals surface area contributed by atoms with Gasteiger partial charge >= 0.3 is 6.09 Å². The number of ether oxygens (including phenoxy) is 1. The van der Waals surface area contributed by atoms with Crippen molar-refractivity contribution in [2.45, 2.75) is 39.5 Å². The van der Waals surface area contributed by atoms with Crippen molar-refractivity contribution in [3.8, 4) is 0 Å². The molecule has 0 saturated heterocycles. The molecule has 0 saturated carbocycles. The number of rotatable bonds is 0. The quantitative estimate of drug-likeness (QED) is 0.713. The van der Waals surface area contributed by atoms with Crippen molar-refractivity contribution in [1.29, 1.82) is 0 Å². The molecular weight excluding hydrogens is 281 g/mol. The number of fused-ring (bicyclic) bond motifs is 1. The van der Waals surface area contributed by atoms with Crippen molar-refractivity contribution >= 4 is 40.6 Å². The van der Waals surface area contributed by atoms with Gasteiger partial charge in [-0.25, -0.2) is 4.79 Å². The lowest BCUT2D eigenvalue weighted by molar-refractivity contribution is 0.0242. The standard InChI is InChI=1S/C11H13Cl2NO2S/c1-11(2,3)16-10(15)14-4-6-7(5-14)9(13)17-8(6)12/h4-5H2,1-3H3. The third-order valence-electron chi connectivity index (χ3n) is 2.37. The van der Waals surface area contributed by atoms with Crippen LogP contribution in [0.2, 0.25) is 8.67 Å². The van der Waals surface area contributed by atoms with E-state index in [1.54, 1.807) is 4.90 Å². The van der Waals surface area contributed by atoms with Crippen LogP contribution >= 0.6 is 34.5 Å². The van der Waals surface area contributed by atoms with E-state index in [1.807, 2.05) is 20.8 Å². The first-order valence-electron chi connectivity index (χ1n) is 5.21. The number of nitrogens with zero attached hydrogens (tertiary/aromatic N) is 1. The number of halogens is 2. The Bertz CT molecular complexity index is 438. The van der Waals surface area contributed by atoms with E-state index in [4.69, 9.17) is 27.9 Å². The number of hydrogen-bond donors (Lipinski definition) is 0. The summed E-state index contributed by atoms with van der Waals surface area (Å²) in [5.41, 5.74) is 1.42. The Kier molecular flexibility index (Phi) is 3.31. The second-order valence-corrected chi connectivity index (χ2v) is 7.17. The topological polar surface area (TPSA) is 29.5 Å². The Balaban J connectivity index is 2.10. The molecule has 94 valence electrons. The SMILES string of the molecule is CC(C)(C)OC(=O)N1Cc2c(Cl)sc(Cl)c2C1. The average Bonchev–Trinajstić information content (AvgIpc) is 2.67. The lowest BCUT2D eigenvalue weighted by Crippen LogP contribution is -2.33. The highest BCUT2D eigenvalue weighted by Crippen LogP contribution is 2.41. The van der Waals surface area contributed by atoms with Crippen LogP contribution in [0.3, 0.4) is 0 Å². The molecule has 1 aliphatic heterocycles. The first-order chi connectivity index (χ1) is 7.78. The van der Waals surface area contributed by atoms with E-state index in [9.17, 15) is 4.79 Å². The van der Waals surface area contributed by atoms with Crippen LogP contribution in [-0.2, 0) is 17.8 Å². The predicted octanol–water partition coefficient (Wildman–Crippen LogP) is 4.31. The summed E-state index contributed by atoms with van der Waals surface area (Å²) in [5, 5.41) is 0. The second-order valence-electron chi connectivity index (χ2n) is 4.94. The van der Waals surface area contributed by atoms with Gasteiger partial charge in [-0.15, -0.1) is 11.3 Å². The van der Waals surface area contributed by atoms with Gasteiger partial charge in [-0.1, -0.05) is 23.2 Å². The number of carbonyl (C=O) groups is 1. The van der Waals surface area contributed by atoms with Crippen LogP contribution in [0.15, 0.2) is 0 Å². The number of carbonyl (C=O) groups excluding carboxylic acids is 1. The van der Waals surface area contributed by atoms with Crippen LogP contribution in [0.4, 0.5) is 4.79 Å². The largest absolute Gasteiger partial charge is 0.444 e. The van der Waals surface area contributed by atoms with E-state index < -0.39 is 5.60 Å². The molecular formula is C11H13Cl2NO2S. The van der Waals surface area contributed by atoms with Crippen molar-refractivity contribution in [2.75, 3.05) is 0 Å². The van der Waals surface area contributed by atoms with E-state index in [0.717, 1.165) is 11.1 Å². The molecule has 0 atom stereocenters. The second kappa shape index (κ2) is 4.34. The van der Waals surface area contributed by atoms with Crippen molar-refractivity contribution in [3.05, 3.63) is 19.8 Å². The molecule has 0 N–H and O–H groups in total. The van der Waals surface area contributed by atoms with Gasteiger partial charge in [-0.2, -0.15) is 0 Å². The lowest BCUT2D eigenvalue weighted by atomic mass is 10.2. The van der Waals surface area contributed by atoms with Crippen LogP contribution < -0.4 is 0 Å². The Morgan fingerprint density at radius 2 is 1.71 bits per heavy atom. The van der Waals surface area contributed by atoms with Gasteiger partial charge in [-0.3, -0.25) is 4.90 Å². The van der Waals surface area contributed by atoms with Gasteiger partial charge < -0.3 is 4.74 Å². The van der Waals surface area contributed by atoms with Gasteiger partial charge in [0.15, 0.2) is 0 Å². The highest BCUT2D eigenvalue weighted by atomic mass is 35.5. The summed E-state index contributed by atoms with van der Waals surface area (Å²) in [6.07, 6.45) is -0.328. The molecule has 17 heavy (non-hydrogen) atoms. The van der Waals surface area contributed by atoms with Crippen LogP contribution in [0.25, 0.3) is 0 Å². The summed E-state index contributed by atoms with van der Waals surface area (Å²) in [7, 11) is 0. The Labute approximate surface area is 114 Å². The molecule has 2 rings (SSSR count). The minimum Gasteiger partial charge on any atom is -0.444 e. The predicted molar refractivity (Wildman–Crippen MR) is 69.8 cm³/mol. The molecule has 3 nitrogen and oxygen atoms in total. The van der Waals surface area contributed by atoms with Gasteiger partial charge in [-0.05, 0) is 20.8 Å². The fourth-order valence-corrected chi connectivity index (χ4v) is 3.36. The maximum absolute atomic E-state index is 11.9. The van der Waals surface area contributed by atoms with Crippen LogP contribution in [0.1, 0.15) is 31.9 Å². The minimum absolute atomic E-state index is 0.328. The van der Waals surface area contributed by atoms with E-state index in [-0.39, 0.29) is 6.09 Å². The molecule has 6 heteroatoms. The minimum atomic E-state index is -0.486. The summed E-state index contributed by atoms with van der Waals surface area (Å²) in [5.74, 6) is 0. The first kappa shape index (κ1) is 13.0. The van der Waals surface area contributed by atoms with E-state index in [0.29, 0.717) is 21.8 Å². The van der Waals surface area contributed by atoms with E-state index in [1.165, 1.54) is 11.3 Å². The monoisotopic (exact) mass is 293 g/mol. The van der Waals surface area contributed by atoms with Crippen LogP contribution in [0, 0.1) is 0 Å². The van der Waals surface area contributed by atoms with Crippen molar-refractivity contribution in [3.63, 3.8) is 0 Å². The number of amides is 1. The Morgan fingerprint density at radius 1 is 1.24 bits per heavy atom. The molecule has 0 aromatic carbocycles. The van der Waals surface area contributed by atoms with E-state index in [2.05, 4.69) is 0 Å². The molecule has 1 aliphatic rings. The Hall–Kier alpha value is -0.450. The normalized spacial score (nSPS) is 15.0. The van der Waals surface area contributed by atoms with Gasteiger partial charge in [0.2, 0.25) is 0 Å². The fraction of sp³-hybridized carbons (Fsp3) is 0.545. The molecule has 0 bridgehead atoms. The summed E-state index contributed by atoms with van der Waals surface area (Å²) < 4.78 is 6.63. The van der Waals surface area contributed by atoms with Gasteiger partial charge in [0.25, 0.3) is 0 Å². The summed E-state index contributed by atoms with van der Waals surface area (Å²) in [4.78, 5) is 13.5. The van der Waals surface area contributed by atoms with Gasteiger partial charge in [0.1, 0.15) is 5.60 Å².